The van der Waals surface area contributed by atoms with Crippen molar-refractivity contribution in [3.8, 4) is 0 Å². The number of carbonyl (C=O) groups excluding carboxylic acids is 1. The molecule has 0 aliphatic carbocycles. The zero-order valence-electron chi connectivity index (χ0n) is 19.6. The largest absolute Gasteiger partial charge is 0.369 e. The third-order valence-corrected chi connectivity index (χ3v) is 5.81. The molecule has 6 nitrogen and oxygen atoms in total. The van der Waals surface area contributed by atoms with Crippen molar-refractivity contribution in [2.24, 2.45) is 0 Å². The third-order valence-electron chi connectivity index (χ3n) is 5.81. The van der Waals surface area contributed by atoms with Crippen LogP contribution in [-0.2, 0) is 5.54 Å². The molecule has 1 saturated heterocycles. The van der Waals surface area contributed by atoms with Crippen LogP contribution in [-0.4, -0.2) is 53.3 Å². The van der Waals surface area contributed by atoms with E-state index in [1.165, 1.54) is 11.3 Å². The van der Waals surface area contributed by atoms with Crippen LogP contribution in [0.15, 0.2) is 24.3 Å². The molecular formula is C24H37N5O. The highest BCUT2D eigenvalue weighted by atomic mass is 16.2. The molecule has 164 valence electrons. The zero-order valence-corrected chi connectivity index (χ0v) is 19.6. The lowest BCUT2D eigenvalue weighted by Crippen LogP contribution is -2.46. The van der Waals surface area contributed by atoms with Gasteiger partial charge in [0.25, 0.3) is 5.91 Å². The predicted molar refractivity (Wildman–Crippen MR) is 125 cm³/mol. The van der Waals surface area contributed by atoms with Gasteiger partial charge in [0.05, 0.1) is 5.54 Å². The van der Waals surface area contributed by atoms with Crippen LogP contribution < -0.4 is 10.2 Å². The summed E-state index contributed by atoms with van der Waals surface area (Å²) in [5, 5.41) is 7.65. The van der Waals surface area contributed by atoms with Crippen LogP contribution in [0, 0.1) is 6.92 Å². The van der Waals surface area contributed by atoms with Crippen molar-refractivity contribution < 1.29 is 4.79 Å². The molecule has 0 spiro atoms. The molecule has 1 aliphatic rings. The summed E-state index contributed by atoms with van der Waals surface area (Å²) in [6, 6.07) is 8.10. The fraction of sp³-hybridized carbons (Fsp3) is 0.583. The van der Waals surface area contributed by atoms with E-state index in [9.17, 15) is 4.79 Å². The summed E-state index contributed by atoms with van der Waals surface area (Å²) in [6.45, 7) is 20.3. The number of aryl methyl sites for hydroxylation is 1. The molecule has 2 aromatic rings. The number of hydrogen-bond donors (Lipinski definition) is 1. The minimum atomic E-state index is -0.168. The number of carbonyl (C=O) groups is 1. The second-order valence-electron chi connectivity index (χ2n) is 9.57. The van der Waals surface area contributed by atoms with Crippen molar-refractivity contribution >= 4 is 17.3 Å². The van der Waals surface area contributed by atoms with Gasteiger partial charge in [-0.3, -0.25) is 9.48 Å². The van der Waals surface area contributed by atoms with E-state index in [2.05, 4.69) is 80.8 Å². The van der Waals surface area contributed by atoms with E-state index in [-0.39, 0.29) is 11.4 Å². The van der Waals surface area contributed by atoms with Crippen LogP contribution in [0.5, 0.6) is 0 Å². The SMILES string of the molecule is CCN1CCN(c2ccc(NC(=O)c3cc(C(C)C)n(C(C)(C)C)n3)cc2C)CC1. The van der Waals surface area contributed by atoms with Crippen LogP contribution >= 0.6 is 0 Å². The molecule has 30 heavy (non-hydrogen) atoms. The number of aromatic nitrogens is 2. The zero-order chi connectivity index (χ0) is 22.1. The molecule has 2 heterocycles. The summed E-state index contributed by atoms with van der Waals surface area (Å²) in [5.74, 6) is 0.136. The fourth-order valence-corrected chi connectivity index (χ4v) is 4.04. The molecule has 0 unspecified atom stereocenters. The normalized spacial score (nSPS) is 15.7. The first-order valence-corrected chi connectivity index (χ1v) is 11.1. The van der Waals surface area contributed by atoms with Crippen LogP contribution in [0.3, 0.4) is 0 Å². The molecule has 6 heteroatoms. The summed E-state index contributed by atoms with van der Waals surface area (Å²) in [6.07, 6.45) is 0. The first-order valence-electron chi connectivity index (χ1n) is 11.1. The van der Waals surface area contributed by atoms with Gasteiger partial charge in [-0.1, -0.05) is 20.8 Å². The summed E-state index contributed by atoms with van der Waals surface area (Å²) >= 11 is 0. The van der Waals surface area contributed by atoms with Gasteiger partial charge in [0.15, 0.2) is 5.69 Å². The number of piperazine rings is 1. The number of benzene rings is 1. The van der Waals surface area contributed by atoms with Crippen LogP contribution in [0.2, 0.25) is 0 Å². The van der Waals surface area contributed by atoms with E-state index >= 15 is 0 Å². The van der Waals surface area contributed by atoms with E-state index in [1.54, 1.807) is 0 Å². The molecule has 1 aromatic heterocycles. The molecule has 0 atom stereocenters. The predicted octanol–water partition coefficient (Wildman–Crippen LogP) is 4.46. The molecule has 1 aliphatic heterocycles. The first-order chi connectivity index (χ1) is 14.1. The number of nitrogens with one attached hydrogen (secondary N) is 1. The van der Waals surface area contributed by atoms with Gasteiger partial charge in [0.2, 0.25) is 0 Å². The van der Waals surface area contributed by atoms with Crippen LogP contribution in [0.25, 0.3) is 0 Å². The molecule has 1 N–H and O–H groups in total. The highest BCUT2D eigenvalue weighted by Gasteiger charge is 2.24. The maximum atomic E-state index is 12.9. The van der Waals surface area contributed by atoms with Gasteiger partial charge in [-0.05, 0) is 70.0 Å². The monoisotopic (exact) mass is 411 g/mol. The van der Waals surface area contributed by atoms with Gasteiger partial charge in [0.1, 0.15) is 0 Å². The minimum absolute atomic E-state index is 0.163. The molecular weight excluding hydrogens is 374 g/mol. The van der Waals surface area contributed by atoms with Crippen molar-refractivity contribution in [1.82, 2.24) is 14.7 Å². The van der Waals surface area contributed by atoms with Gasteiger partial charge in [-0.2, -0.15) is 5.10 Å². The standard InChI is InChI=1S/C24H37N5O/c1-8-27-11-13-28(14-12-27)21-10-9-19(15-18(21)4)25-23(30)20-16-22(17(2)3)29(26-20)24(5,6)7/h9-10,15-17H,8,11-14H2,1-7H3,(H,25,30). The van der Waals surface area contributed by atoms with Gasteiger partial charge in [-0.15, -0.1) is 0 Å². The van der Waals surface area contributed by atoms with Crippen molar-refractivity contribution in [1.29, 1.82) is 0 Å². The van der Waals surface area contributed by atoms with E-state index < -0.39 is 0 Å². The van der Waals surface area contributed by atoms with E-state index in [4.69, 9.17) is 0 Å². The summed E-state index contributed by atoms with van der Waals surface area (Å²) in [5.41, 5.74) is 4.61. The number of likely N-dealkylation sites (N-methyl/N-ethyl adjacent to an activating group) is 1. The second kappa shape index (κ2) is 8.80. The van der Waals surface area contributed by atoms with Crippen LogP contribution in [0.4, 0.5) is 11.4 Å². The smallest absolute Gasteiger partial charge is 0.276 e. The number of amides is 1. The second-order valence-corrected chi connectivity index (χ2v) is 9.57. The number of anilines is 2. The lowest BCUT2D eigenvalue weighted by molar-refractivity contribution is 0.102. The Bertz CT molecular complexity index is 885. The van der Waals surface area contributed by atoms with Crippen LogP contribution in [0.1, 0.15) is 69.2 Å². The quantitative estimate of drug-likeness (QED) is 0.789. The number of rotatable bonds is 5. The van der Waals surface area contributed by atoms with Gasteiger partial charge in [0, 0.05) is 43.2 Å². The van der Waals surface area contributed by atoms with E-state index in [0.717, 1.165) is 44.1 Å². The molecule has 3 rings (SSSR count). The Labute approximate surface area is 181 Å². The molecule has 1 amide bonds. The summed E-state index contributed by atoms with van der Waals surface area (Å²) in [7, 11) is 0. The first kappa shape index (κ1) is 22.3. The van der Waals surface area contributed by atoms with Crippen molar-refractivity contribution in [3.63, 3.8) is 0 Å². The highest BCUT2D eigenvalue weighted by molar-refractivity contribution is 6.03. The average molecular weight is 412 g/mol. The lowest BCUT2D eigenvalue weighted by atomic mass is 10.1. The maximum Gasteiger partial charge on any atom is 0.276 e. The molecule has 0 radical (unpaired) electrons. The third kappa shape index (κ3) is 4.86. The molecule has 1 aromatic carbocycles. The van der Waals surface area contributed by atoms with Crippen molar-refractivity contribution in [2.75, 3.05) is 42.9 Å². The van der Waals surface area contributed by atoms with E-state index in [1.807, 2.05) is 16.8 Å². The Morgan fingerprint density at radius 2 is 1.80 bits per heavy atom. The number of nitrogens with zero attached hydrogens (tertiary/aromatic N) is 4. The Morgan fingerprint density at radius 1 is 1.13 bits per heavy atom. The maximum absolute atomic E-state index is 12.9. The number of hydrogen-bond acceptors (Lipinski definition) is 4. The summed E-state index contributed by atoms with van der Waals surface area (Å²) in [4.78, 5) is 17.8. The minimum Gasteiger partial charge on any atom is -0.369 e. The Morgan fingerprint density at radius 3 is 2.30 bits per heavy atom. The van der Waals surface area contributed by atoms with E-state index in [0.29, 0.717) is 11.6 Å². The van der Waals surface area contributed by atoms with Gasteiger partial charge in [-0.25, -0.2) is 0 Å². The Balaban J connectivity index is 1.74. The highest BCUT2D eigenvalue weighted by Crippen LogP contribution is 2.26. The van der Waals surface area contributed by atoms with Crippen molar-refractivity contribution in [2.45, 2.75) is 59.9 Å². The lowest BCUT2D eigenvalue weighted by Gasteiger charge is -2.36. The Kier molecular flexibility index (Phi) is 6.56. The molecule has 0 bridgehead atoms. The topological polar surface area (TPSA) is 53.4 Å². The summed E-state index contributed by atoms with van der Waals surface area (Å²) < 4.78 is 1.97. The molecule has 0 saturated carbocycles. The van der Waals surface area contributed by atoms with Gasteiger partial charge < -0.3 is 15.1 Å². The average Bonchev–Trinajstić information content (AvgIpc) is 3.15. The van der Waals surface area contributed by atoms with Crippen molar-refractivity contribution in [3.05, 3.63) is 41.2 Å². The Hall–Kier alpha value is -2.34. The van der Waals surface area contributed by atoms with Gasteiger partial charge >= 0.3 is 0 Å². The fourth-order valence-electron chi connectivity index (χ4n) is 4.04. The molecule has 1 fully saturated rings.